The molecular weight excluding hydrogens is 396 g/mol. The van der Waals surface area contributed by atoms with Crippen molar-refractivity contribution in [1.82, 2.24) is 14.9 Å². The number of carbonyl (C=O) groups excluding carboxylic acids is 1. The van der Waals surface area contributed by atoms with E-state index >= 15 is 0 Å². The van der Waals surface area contributed by atoms with Gasteiger partial charge in [-0.25, -0.2) is 9.97 Å². The number of rotatable bonds is 6. The lowest BCUT2D eigenvalue weighted by Gasteiger charge is -2.36. The third-order valence-electron chi connectivity index (χ3n) is 6.22. The van der Waals surface area contributed by atoms with Crippen molar-refractivity contribution in [1.29, 1.82) is 0 Å². The van der Waals surface area contributed by atoms with Crippen LogP contribution in [0.25, 0.3) is 11.4 Å². The van der Waals surface area contributed by atoms with Crippen molar-refractivity contribution in [3.8, 4) is 11.4 Å². The van der Waals surface area contributed by atoms with E-state index in [-0.39, 0.29) is 5.91 Å². The number of piperazine rings is 1. The van der Waals surface area contributed by atoms with Crippen molar-refractivity contribution in [3.05, 3.63) is 77.0 Å². The van der Waals surface area contributed by atoms with Gasteiger partial charge in [-0.15, -0.1) is 0 Å². The first kappa shape index (κ1) is 22.0. The van der Waals surface area contributed by atoms with Gasteiger partial charge in [0.15, 0.2) is 5.82 Å². The predicted octanol–water partition coefficient (Wildman–Crippen LogP) is 4.60. The summed E-state index contributed by atoms with van der Waals surface area (Å²) >= 11 is 0. The Morgan fingerprint density at radius 2 is 1.69 bits per heavy atom. The summed E-state index contributed by atoms with van der Waals surface area (Å²) in [7, 11) is 0. The zero-order chi connectivity index (χ0) is 22.5. The van der Waals surface area contributed by atoms with Crippen LogP contribution in [0.15, 0.2) is 54.6 Å². The van der Waals surface area contributed by atoms with Crippen LogP contribution in [0.5, 0.6) is 0 Å². The molecule has 4 rings (SSSR count). The van der Waals surface area contributed by atoms with Gasteiger partial charge in [-0.05, 0) is 38.3 Å². The first-order valence-corrected chi connectivity index (χ1v) is 11.6. The van der Waals surface area contributed by atoms with Gasteiger partial charge in [-0.1, -0.05) is 61.0 Å². The Kier molecular flexibility index (Phi) is 6.84. The van der Waals surface area contributed by atoms with Crippen LogP contribution in [0.2, 0.25) is 0 Å². The van der Waals surface area contributed by atoms with E-state index in [1.54, 1.807) is 0 Å². The molecule has 2 aromatic carbocycles. The average molecular weight is 429 g/mol. The highest BCUT2D eigenvalue weighted by Gasteiger charge is 2.24. The lowest BCUT2D eigenvalue weighted by molar-refractivity contribution is -0.131. The maximum atomic E-state index is 12.7. The van der Waals surface area contributed by atoms with Gasteiger partial charge in [-0.3, -0.25) is 4.79 Å². The summed E-state index contributed by atoms with van der Waals surface area (Å²) in [5.41, 5.74) is 5.70. The summed E-state index contributed by atoms with van der Waals surface area (Å²) in [5, 5.41) is 0. The Bertz CT molecular complexity index is 1070. The second kappa shape index (κ2) is 9.94. The molecule has 5 nitrogen and oxygen atoms in total. The number of hydrogen-bond acceptors (Lipinski definition) is 4. The van der Waals surface area contributed by atoms with Crippen LogP contribution in [-0.4, -0.2) is 47.0 Å². The van der Waals surface area contributed by atoms with Crippen LogP contribution < -0.4 is 4.90 Å². The van der Waals surface area contributed by atoms with E-state index in [9.17, 15) is 4.79 Å². The number of aryl methyl sites for hydroxylation is 3. The van der Waals surface area contributed by atoms with Crippen LogP contribution in [0.1, 0.15) is 35.7 Å². The SMILES string of the molecule is CCc1c(C)nc(-c2cccc(C)c2)nc1N1CCN(C(=O)CCc2ccccc2)CC1. The van der Waals surface area contributed by atoms with Crippen LogP contribution in [0, 0.1) is 13.8 Å². The van der Waals surface area contributed by atoms with Crippen molar-refractivity contribution >= 4 is 11.7 Å². The largest absolute Gasteiger partial charge is 0.353 e. The van der Waals surface area contributed by atoms with E-state index in [1.165, 1.54) is 16.7 Å². The highest BCUT2D eigenvalue weighted by molar-refractivity contribution is 5.77. The summed E-state index contributed by atoms with van der Waals surface area (Å²) in [6, 6.07) is 18.6. The first-order valence-electron chi connectivity index (χ1n) is 11.6. The minimum atomic E-state index is 0.239. The molecule has 1 aliphatic heterocycles. The lowest BCUT2D eigenvalue weighted by atomic mass is 10.1. The number of hydrogen-bond donors (Lipinski definition) is 0. The maximum absolute atomic E-state index is 12.7. The van der Waals surface area contributed by atoms with E-state index in [1.807, 2.05) is 23.1 Å². The molecule has 0 bridgehead atoms. The van der Waals surface area contributed by atoms with Crippen LogP contribution in [-0.2, 0) is 17.6 Å². The van der Waals surface area contributed by atoms with Crippen molar-refractivity contribution in [2.75, 3.05) is 31.1 Å². The summed E-state index contributed by atoms with van der Waals surface area (Å²) in [4.78, 5) is 26.9. The zero-order valence-electron chi connectivity index (χ0n) is 19.3. The fourth-order valence-corrected chi connectivity index (χ4v) is 4.39. The molecule has 1 fully saturated rings. The summed E-state index contributed by atoms with van der Waals surface area (Å²) < 4.78 is 0. The minimum Gasteiger partial charge on any atom is -0.353 e. The van der Waals surface area contributed by atoms with Crippen molar-refractivity contribution < 1.29 is 4.79 Å². The molecule has 32 heavy (non-hydrogen) atoms. The van der Waals surface area contributed by atoms with Crippen LogP contribution in [0.3, 0.4) is 0 Å². The summed E-state index contributed by atoms with van der Waals surface area (Å²) in [6.45, 7) is 9.39. The Labute approximate surface area is 191 Å². The highest BCUT2D eigenvalue weighted by Crippen LogP contribution is 2.27. The Balaban J connectivity index is 1.46. The molecule has 0 atom stereocenters. The number of benzene rings is 2. The van der Waals surface area contributed by atoms with Crippen molar-refractivity contribution in [2.45, 2.75) is 40.0 Å². The van der Waals surface area contributed by atoms with Gasteiger partial charge in [0.25, 0.3) is 0 Å². The molecule has 1 aliphatic rings. The minimum absolute atomic E-state index is 0.239. The van der Waals surface area contributed by atoms with Crippen LogP contribution in [0.4, 0.5) is 5.82 Å². The molecule has 2 heterocycles. The summed E-state index contributed by atoms with van der Waals surface area (Å²) in [5.74, 6) is 2.04. The topological polar surface area (TPSA) is 49.3 Å². The predicted molar refractivity (Wildman–Crippen MR) is 130 cm³/mol. The monoisotopic (exact) mass is 428 g/mol. The van der Waals surface area contributed by atoms with Crippen LogP contribution >= 0.6 is 0 Å². The fraction of sp³-hybridized carbons (Fsp3) is 0.370. The molecule has 1 aromatic heterocycles. The van der Waals surface area contributed by atoms with Gasteiger partial charge >= 0.3 is 0 Å². The molecule has 0 spiro atoms. The van der Waals surface area contributed by atoms with Gasteiger partial charge in [0, 0.05) is 49.4 Å². The third-order valence-corrected chi connectivity index (χ3v) is 6.22. The molecule has 0 unspecified atom stereocenters. The van der Waals surface area contributed by atoms with E-state index in [4.69, 9.17) is 9.97 Å². The summed E-state index contributed by atoms with van der Waals surface area (Å²) in [6.07, 6.45) is 2.25. The zero-order valence-corrected chi connectivity index (χ0v) is 19.3. The van der Waals surface area contributed by atoms with Gasteiger partial charge in [-0.2, -0.15) is 0 Å². The quantitative estimate of drug-likeness (QED) is 0.576. The normalized spacial score (nSPS) is 14.0. The van der Waals surface area contributed by atoms with E-state index in [2.05, 4.69) is 62.1 Å². The van der Waals surface area contributed by atoms with E-state index in [0.29, 0.717) is 6.42 Å². The third kappa shape index (κ3) is 4.98. The second-order valence-electron chi connectivity index (χ2n) is 8.51. The molecule has 0 saturated carbocycles. The number of nitrogens with zero attached hydrogens (tertiary/aromatic N) is 4. The van der Waals surface area contributed by atoms with Crippen molar-refractivity contribution in [3.63, 3.8) is 0 Å². The second-order valence-corrected chi connectivity index (χ2v) is 8.51. The molecule has 0 aliphatic carbocycles. The Hall–Kier alpha value is -3.21. The molecule has 1 amide bonds. The lowest BCUT2D eigenvalue weighted by Crippen LogP contribution is -2.49. The smallest absolute Gasteiger partial charge is 0.223 e. The average Bonchev–Trinajstić information content (AvgIpc) is 2.83. The van der Waals surface area contributed by atoms with Gasteiger partial charge < -0.3 is 9.80 Å². The number of amides is 1. The van der Waals surface area contributed by atoms with Gasteiger partial charge in [0.05, 0.1) is 0 Å². The van der Waals surface area contributed by atoms with Gasteiger partial charge in [0.1, 0.15) is 5.82 Å². The van der Waals surface area contributed by atoms with Crippen molar-refractivity contribution in [2.24, 2.45) is 0 Å². The maximum Gasteiger partial charge on any atom is 0.223 e. The molecule has 1 saturated heterocycles. The van der Waals surface area contributed by atoms with E-state index < -0.39 is 0 Å². The number of anilines is 1. The molecule has 3 aromatic rings. The number of aromatic nitrogens is 2. The molecule has 5 heteroatoms. The van der Waals surface area contributed by atoms with E-state index in [0.717, 1.165) is 61.9 Å². The molecule has 0 N–H and O–H groups in total. The standard InChI is InChI=1S/C27H32N4O/c1-4-24-21(3)28-26(23-12-8-9-20(2)19-23)29-27(24)31-17-15-30(16-18-31)25(32)14-13-22-10-6-5-7-11-22/h5-12,19H,4,13-18H2,1-3H3. The Morgan fingerprint density at radius 1 is 0.938 bits per heavy atom. The fourth-order valence-electron chi connectivity index (χ4n) is 4.39. The van der Waals surface area contributed by atoms with Gasteiger partial charge in [0.2, 0.25) is 5.91 Å². The molecular formula is C27H32N4O. The molecule has 166 valence electrons. The molecule has 0 radical (unpaired) electrons. The Morgan fingerprint density at radius 3 is 2.38 bits per heavy atom. The number of carbonyl (C=O) groups is 1. The highest BCUT2D eigenvalue weighted by atomic mass is 16.2. The first-order chi connectivity index (χ1) is 15.5.